The van der Waals surface area contributed by atoms with Gasteiger partial charge < -0.3 is 10.4 Å². The molecule has 78 valence electrons. The summed E-state index contributed by atoms with van der Waals surface area (Å²) in [5.41, 5.74) is 0.406. The molecule has 1 aromatic carbocycles. The van der Waals surface area contributed by atoms with E-state index in [4.69, 9.17) is 6.42 Å². The van der Waals surface area contributed by atoms with Crippen molar-refractivity contribution in [3.8, 4) is 18.1 Å². The predicted octanol–water partition coefficient (Wildman–Crippen LogP) is 1.53. The number of phenolic OH excluding ortho intramolecular Hbond substituents is 1. The number of nitrogens with one attached hydrogen (secondary N) is 1. The Morgan fingerprint density at radius 1 is 1.67 bits per heavy atom. The Kier molecular flexibility index (Phi) is 3.75. The topological polar surface area (TPSA) is 49.3 Å². The fourth-order valence-corrected chi connectivity index (χ4v) is 1.15. The van der Waals surface area contributed by atoms with Gasteiger partial charge in [-0.1, -0.05) is 18.9 Å². The van der Waals surface area contributed by atoms with Crippen LogP contribution >= 0.6 is 0 Å². The highest BCUT2D eigenvalue weighted by atomic mass is 16.3. The molecule has 0 aliphatic carbocycles. The van der Waals surface area contributed by atoms with Gasteiger partial charge in [-0.05, 0) is 24.6 Å². The van der Waals surface area contributed by atoms with Crippen molar-refractivity contribution in [1.82, 2.24) is 5.32 Å². The summed E-state index contributed by atoms with van der Waals surface area (Å²) in [6.45, 7) is 1.90. The van der Waals surface area contributed by atoms with Gasteiger partial charge in [0.2, 0.25) is 0 Å². The van der Waals surface area contributed by atoms with Crippen LogP contribution in [0.2, 0.25) is 0 Å². The minimum atomic E-state index is -0.268. The highest BCUT2D eigenvalue weighted by molar-refractivity contribution is 5.94. The Bertz CT molecular complexity index is 393. The van der Waals surface area contributed by atoms with Gasteiger partial charge >= 0.3 is 0 Å². The molecule has 3 heteroatoms. The molecule has 0 saturated carbocycles. The summed E-state index contributed by atoms with van der Waals surface area (Å²) in [5, 5.41) is 11.9. The molecule has 0 fully saturated rings. The molecule has 0 radical (unpaired) electrons. The maximum atomic E-state index is 11.6. The second-order valence-corrected chi connectivity index (χ2v) is 3.15. The first-order valence-corrected chi connectivity index (χ1v) is 4.73. The summed E-state index contributed by atoms with van der Waals surface area (Å²) < 4.78 is 0. The van der Waals surface area contributed by atoms with E-state index in [1.54, 1.807) is 12.1 Å². The lowest BCUT2D eigenvalue weighted by molar-refractivity contribution is 0.0944. The molecule has 0 aliphatic rings. The Hall–Kier alpha value is -1.95. The van der Waals surface area contributed by atoms with E-state index >= 15 is 0 Å². The van der Waals surface area contributed by atoms with Crippen molar-refractivity contribution in [2.24, 2.45) is 0 Å². The third-order valence-corrected chi connectivity index (χ3v) is 2.02. The Morgan fingerprint density at radius 3 is 2.93 bits per heavy atom. The number of phenols is 1. The summed E-state index contributed by atoms with van der Waals surface area (Å²) in [6.07, 6.45) is 5.91. The molecule has 1 aromatic rings. The zero-order valence-corrected chi connectivity index (χ0v) is 8.53. The Labute approximate surface area is 89.1 Å². The first-order valence-electron chi connectivity index (χ1n) is 4.73. The quantitative estimate of drug-likeness (QED) is 0.732. The summed E-state index contributed by atoms with van der Waals surface area (Å²) >= 11 is 0. The largest absolute Gasteiger partial charge is 0.508 e. The summed E-state index contributed by atoms with van der Waals surface area (Å²) in [7, 11) is 0. The Morgan fingerprint density at radius 2 is 2.40 bits per heavy atom. The van der Waals surface area contributed by atoms with Gasteiger partial charge in [-0.3, -0.25) is 4.79 Å². The van der Waals surface area contributed by atoms with Crippen LogP contribution in [0.1, 0.15) is 23.7 Å². The van der Waals surface area contributed by atoms with Gasteiger partial charge in [-0.25, -0.2) is 0 Å². The van der Waals surface area contributed by atoms with Crippen molar-refractivity contribution in [1.29, 1.82) is 0 Å². The van der Waals surface area contributed by atoms with Crippen LogP contribution < -0.4 is 5.32 Å². The molecule has 1 amide bonds. The lowest BCUT2D eigenvalue weighted by atomic mass is 10.1. The number of carbonyl (C=O) groups is 1. The summed E-state index contributed by atoms with van der Waals surface area (Å²) in [4.78, 5) is 11.6. The van der Waals surface area contributed by atoms with E-state index in [0.29, 0.717) is 12.0 Å². The van der Waals surface area contributed by atoms with Crippen LogP contribution in [-0.2, 0) is 0 Å². The maximum absolute atomic E-state index is 11.6. The van der Waals surface area contributed by atoms with Gasteiger partial charge in [-0.2, -0.15) is 0 Å². The fraction of sp³-hybridized carbons (Fsp3) is 0.250. The third-order valence-electron chi connectivity index (χ3n) is 2.02. The number of amides is 1. The monoisotopic (exact) mass is 203 g/mol. The molecular formula is C12H13NO2. The average molecular weight is 203 g/mol. The number of terminal acetylenes is 1. The molecule has 2 N–H and O–H groups in total. The van der Waals surface area contributed by atoms with Gasteiger partial charge in [0.1, 0.15) is 5.75 Å². The molecule has 3 nitrogen and oxygen atoms in total. The van der Waals surface area contributed by atoms with E-state index in [-0.39, 0.29) is 17.7 Å². The second-order valence-electron chi connectivity index (χ2n) is 3.15. The van der Waals surface area contributed by atoms with Gasteiger partial charge in [0, 0.05) is 5.56 Å². The van der Waals surface area contributed by atoms with Crippen molar-refractivity contribution in [2.75, 3.05) is 0 Å². The Balaban J connectivity index is 2.74. The van der Waals surface area contributed by atoms with E-state index in [1.807, 2.05) is 6.92 Å². The van der Waals surface area contributed by atoms with Crippen molar-refractivity contribution in [3.05, 3.63) is 29.8 Å². The molecule has 0 spiro atoms. The van der Waals surface area contributed by atoms with Crippen LogP contribution in [0.4, 0.5) is 0 Å². The van der Waals surface area contributed by atoms with Gasteiger partial charge in [-0.15, -0.1) is 6.42 Å². The van der Waals surface area contributed by atoms with Gasteiger partial charge in [0.15, 0.2) is 0 Å². The SMILES string of the molecule is C#CC(CC)NC(=O)c1cccc(O)c1. The van der Waals surface area contributed by atoms with E-state index in [0.717, 1.165) is 0 Å². The van der Waals surface area contributed by atoms with Crippen LogP contribution in [0.5, 0.6) is 5.75 Å². The molecule has 0 heterocycles. The molecule has 1 rings (SSSR count). The van der Waals surface area contributed by atoms with E-state index < -0.39 is 0 Å². The zero-order valence-electron chi connectivity index (χ0n) is 8.53. The van der Waals surface area contributed by atoms with Gasteiger partial charge in [0.25, 0.3) is 5.91 Å². The molecular weight excluding hydrogens is 190 g/mol. The number of carbonyl (C=O) groups excluding carboxylic acids is 1. The highest BCUT2D eigenvalue weighted by Gasteiger charge is 2.09. The molecule has 15 heavy (non-hydrogen) atoms. The number of benzene rings is 1. The highest BCUT2D eigenvalue weighted by Crippen LogP contribution is 2.10. The summed E-state index contributed by atoms with van der Waals surface area (Å²) in [6, 6.07) is 5.88. The van der Waals surface area contributed by atoms with Crippen molar-refractivity contribution in [3.63, 3.8) is 0 Å². The first kappa shape index (κ1) is 11.1. The van der Waals surface area contributed by atoms with Crippen LogP contribution in [0.25, 0.3) is 0 Å². The van der Waals surface area contributed by atoms with Crippen LogP contribution in [0.15, 0.2) is 24.3 Å². The van der Waals surface area contributed by atoms with Crippen molar-refractivity contribution in [2.45, 2.75) is 19.4 Å². The predicted molar refractivity (Wildman–Crippen MR) is 58.5 cm³/mol. The number of aromatic hydroxyl groups is 1. The minimum Gasteiger partial charge on any atom is -0.508 e. The number of hydrogen-bond acceptors (Lipinski definition) is 2. The van der Waals surface area contributed by atoms with Crippen molar-refractivity contribution < 1.29 is 9.90 Å². The van der Waals surface area contributed by atoms with Crippen LogP contribution in [0.3, 0.4) is 0 Å². The minimum absolute atomic E-state index is 0.0661. The second kappa shape index (κ2) is 5.06. The number of hydrogen-bond donors (Lipinski definition) is 2. The fourth-order valence-electron chi connectivity index (χ4n) is 1.15. The van der Waals surface area contributed by atoms with E-state index in [2.05, 4.69) is 11.2 Å². The molecule has 1 unspecified atom stereocenters. The zero-order chi connectivity index (χ0) is 11.3. The standard InChI is InChI=1S/C12H13NO2/c1-3-10(4-2)13-12(15)9-6-5-7-11(14)8-9/h1,5-8,10,14H,4H2,2H3,(H,13,15). The third kappa shape index (κ3) is 3.03. The molecule has 0 bridgehead atoms. The molecule has 0 saturated heterocycles. The first-order chi connectivity index (χ1) is 7.17. The lowest BCUT2D eigenvalue weighted by Crippen LogP contribution is -2.33. The normalized spacial score (nSPS) is 11.5. The maximum Gasteiger partial charge on any atom is 0.252 e. The van der Waals surface area contributed by atoms with Gasteiger partial charge in [0.05, 0.1) is 6.04 Å². The molecule has 0 aliphatic heterocycles. The lowest BCUT2D eigenvalue weighted by Gasteiger charge is -2.10. The molecule has 0 aromatic heterocycles. The van der Waals surface area contributed by atoms with E-state index in [1.165, 1.54) is 12.1 Å². The average Bonchev–Trinajstić information content (AvgIpc) is 2.25. The van der Waals surface area contributed by atoms with Crippen molar-refractivity contribution >= 4 is 5.91 Å². The smallest absolute Gasteiger partial charge is 0.252 e. The molecule has 1 atom stereocenters. The number of rotatable bonds is 3. The summed E-state index contributed by atoms with van der Waals surface area (Å²) in [5.74, 6) is 2.27. The van der Waals surface area contributed by atoms with E-state index in [9.17, 15) is 9.90 Å². The van der Waals surface area contributed by atoms with Crippen LogP contribution in [0, 0.1) is 12.3 Å². The van der Waals surface area contributed by atoms with Crippen LogP contribution in [-0.4, -0.2) is 17.1 Å².